The lowest BCUT2D eigenvalue weighted by molar-refractivity contribution is 0.481. The van der Waals surface area contributed by atoms with Crippen molar-refractivity contribution in [2.75, 3.05) is 0 Å². The van der Waals surface area contributed by atoms with Crippen LogP contribution in [0.15, 0.2) is 24.8 Å². The van der Waals surface area contributed by atoms with Gasteiger partial charge in [0.15, 0.2) is 0 Å². The predicted octanol–water partition coefficient (Wildman–Crippen LogP) is 1.21. The first kappa shape index (κ1) is 7.25. The molecule has 2 aromatic heterocycles. The number of nitrogens with one attached hydrogen (secondary N) is 1. The Morgan fingerprint density at radius 3 is 2.64 bits per heavy atom. The molecular weight excluding hydrogens is 180 g/mol. The number of nitrogens with zero attached hydrogens (tertiary/aromatic N) is 3. The van der Waals surface area contributed by atoms with Crippen molar-refractivity contribution in [2.45, 2.75) is 0 Å². The maximum atomic E-state index is 9.64. The molecule has 0 radical (unpaired) electrons. The highest BCUT2D eigenvalue weighted by Gasteiger charge is 2.08. The Labute approximate surface area is 78.5 Å². The van der Waals surface area contributed by atoms with Gasteiger partial charge in [0, 0.05) is 18.5 Å². The van der Waals surface area contributed by atoms with Crippen molar-refractivity contribution in [3.8, 4) is 5.75 Å². The third kappa shape index (κ3) is 0.806. The van der Waals surface area contributed by atoms with Gasteiger partial charge in [0.25, 0.3) is 0 Å². The van der Waals surface area contributed by atoms with Crippen molar-refractivity contribution >= 4 is 22.1 Å². The van der Waals surface area contributed by atoms with E-state index in [1.54, 1.807) is 24.8 Å². The van der Waals surface area contributed by atoms with Gasteiger partial charge >= 0.3 is 0 Å². The molecule has 0 unspecified atom stereocenters. The normalized spacial score (nSPS) is 11.1. The third-order valence-electron chi connectivity index (χ3n) is 2.12. The minimum atomic E-state index is 0.116. The number of aromatic amines is 1. The summed E-state index contributed by atoms with van der Waals surface area (Å²) in [4.78, 5) is 15.2. The lowest BCUT2D eigenvalue weighted by Gasteiger charge is -1.98. The number of H-pyrrole nitrogens is 1. The van der Waals surface area contributed by atoms with Crippen LogP contribution in [0.1, 0.15) is 0 Å². The molecule has 14 heavy (non-hydrogen) atoms. The lowest BCUT2D eigenvalue weighted by atomic mass is 10.2. The van der Waals surface area contributed by atoms with Gasteiger partial charge in [-0.05, 0) is 0 Å². The van der Waals surface area contributed by atoms with Gasteiger partial charge in [0.2, 0.25) is 0 Å². The molecular formula is C9H6N4O. The fraction of sp³-hybridized carbons (Fsp3) is 0. The molecule has 0 aliphatic heterocycles. The maximum Gasteiger partial charge on any atom is 0.145 e. The Balaban J connectivity index is 2.67. The van der Waals surface area contributed by atoms with Crippen LogP contribution in [0.5, 0.6) is 5.75 Å². The molecule has 5 heteroatoms. The van der Waals surface area contributed by atoms with Gasteiger partial charge in [-0.1, -0.05) is 0 Å². The summed E-state index contributed by atoms with van der Waals surface area (Å²) in [5.41, 5.74) is 2.58. The van der Waals surface area contributed by atoms with Gasteiger partial charge in [-0.3, -0.25) is 4.98 Å². The number of fused-ring (bicyclic) bond motifs is 3. The minimum absolute atomic E-state index is 0.116. The van der Waals surface area contributed by atoms with Crippen molar-refractivity contribution < 1.29 is 5.11 Å². The number of phenolic OH excluding ortho intramolecular Hbond substituents is 1. The number of rotatable bonds is 0. The van der Waals surface area contributed by atoms with Crippen molar-refractivity contribution in [3.05, 3.63) is 24.8 Å². The zero-order valence-corrected chi connectivity index (χ0v) is 7.10. The molecule has 0 aliphatic carbocycles. The van der Waals surface area contributed by atoms with Crippen LogP contribution >= 0.6 is 0 Å². The summed E-state index contributed by atoms with van der Waals surface area (Å²) in [5, 5.41) is 9.64. The standard InChI is InChI=1S/C9H6N4O/c14-6-3-5-7(13-4-12-5)9-8(6)10-1-2-11-9/h1-4,14H,(H,12,13). The SMILES string of the molecule is Oc1cc2[nH]cnc2c2nccnc12. The molecule has 2 N–H and O–H groups in total. The minimum Gasteiger partial charge on any atom is -0.506 e. The average Bonchev–Trinajstić information content (AvgIpc) is 2.66. The number of phenols is 1. The van der Waals surface area contributed by atoms with E-state index in [1.807, 2.05) is 0 Å². The first-order valence-electron chi connectivity index (χ1n) is 4.12. The smallest absolute Gasteiger partial charge is 0.145 e. The Bertz CT molecular complexity index is 616. The van der Waals surface area contributed by atoms with Crippen LogP contribution in [-0.2, 0) is 0 Å². The van der Waals surface area contributed by atoms with Crippen LogP contribution in [0, 0.1) is 0 Å². The van der Waals surface area contributed by atoms with Gasteiger partial charge in [-0.15, -0.1) is 0 Å². The topological polar surface area (TPSA) is 74.7 Å². The summed E-state index contributed by atoms with van der Waals surface area (Å²) < 4.78 is 0. The lowest BCUT2D eigenvalue weighted by Crippen LogP contribution is -1.84. The molecule has 0 spiro atoms. The van der Waals surface area contributed by atoms with E-state index >= 15 is 0 Å². The van der Waals surface area contributed by atoms with Crippen molar-refractivity contribution in [3.63, 3.8) is 0 Å². The monoisotopic (exact) mass is 186 g/mol. The van der Waals surface area contributed by atoms with Gasteiger partial charge < -0.3 is 10.1 Å². The molecule has 0 bridgehead atoms. The summed E-state index contributed by atoms with van der Waals surface area (Å²) in [5.74, 6) is 0.116. The van der Waals surface area contributed by atoms with Crippen LogP contribution in [0.2, 0.25) is 0 Å². The number of hydrogen-bond acceptors (Lipinski definition) is 4. The second kappa shape index (κ2) is 2.41. The van der Waals surface area contributed by atoms with Gasteiger partial charge in [-0.2, -0.15) is 0 Å². The van der Waals surface area contributed by atoms with E-state index < -0.39 is 0 Å². The quantitative estimate of drug-likeness (QED) is 0.553. The van der Waals surface area contributed by atoms with E-state index in [9.17, 15) is 5.11 Å². The van der Waals surface area contributed by atoms with Crippen LogP contribution < -0.4 is 0 Å². The van der Waals surface area contributed by atoms with Crippen LogP contribution in [0.4, 0.5) is 0 Å². The van der Waals surface area contributed by atoms with Gasteiger partial charge in [0.1, 0.15) is 22.3 Å². The zero-order valence-electron chi connectivity index (χ0n) is 7.10. The second-order valence-corrected chi connectivity index (χ2v) is 2.95. The van der Waals surface area contributed by atoms with Gasteiger partial charge in [0.05, 0.1) is 11.8 Å². The number of imidazole rings is 1. The highest BCUT2D eigenvalue weighted by Crippen LogP contribution is 2.27. The Morgan fingerprint density at radius 1 is 1.00 bits per heavy atom. The summed E-state index contributed by atoms with van der Waals surface area (Å²) in [7, 11) is 0. The molecule has 5 nitrogen and oxygen atoms in total. The second-order valence-electron chi connectivity index (χ2n) is 2.95. The fourth-order valence-electron chi connectivity index (χ4n) is 1.51. The highest BCUT2D eigenvalue weighted by molar-refractivity contribution is 6.02. The molecule has 3 rings (SSSR count). The molecule has 1 aromatic carbocycles. The summed E-state index contributed by atoms with van der Waals surface area (Å²) in [6, 6.07) is 1.60. The first-order valence-corrected chi connectivity index (χ1v) is 4.12. The predicted molar refractivity (Wildman–Crippen MR) is 50.9 cm³/mol. The molecule has 3 aromatic rings. The van der Waals surface area contributed by atoms with Gasteiger partial charge in [-0.25, -0.2) is 9.97 Å². The molecule has 68 valence electrons. The van der Waals surface area contributed by atoms with Crippen molar-refractivity contribution in [1.82, 2.24) is 19.9 Å². The van der Waals surface area contributed by atoms with E-state index in [4.69, 9.17) is 0 Å². The first-order chi connectivity index (χ1) is 6.86. The molecule has 0 aliphatic rings. The number of aromatic hydroxyl groups is 1. The maximum absolute atomic E-state index is 9.64. The highest BCUT2D eigenvalue weighted by atomic mass is 16.3. The number of hydrogen-bond donors (Lipinski definition) is 2. The third-order valence-corrected chi connectivity index (χ3v) is 2.12. The van der Waals surface area contributed by atoms with E-state index in [1.165, 1.54) is 0 Å². The summed E-state index contributed by atoms with van der Waals surface area (Å²) in [6.45, 7) is 0. The molecule has 0 saturated carbocycles. The molecule has 0 amide bonds. The molecule has 0 atom stereocenters. The molecule has 0 fully saturated rings. The summed E-state index contributed by atoms with van der Waals surface area (Å²) in [6.07, 6.45) is 4.69. The molecule has 2 heterocycles. The van der Waals surface area contributed by atoms with Crippen molar-refractivity contribution in [1.29, 1.82) is 0 Å². The van der Waals surface area contributed by atoms with Crippen LogP contribution in [-0.4, -0.2) is 25.0 Å². The number of benzene rings is 1. The Morgan fingerprint density at radius 2 is 1.79 bits per heavy atom. The average molecular weight is 186 g/mol. The van der Waals surface area contributed by atoms with E-state index in [0.717, 1.165) is 11.0 Å². The van der Waals surface area contributed by atoms with Crippen LogP contribution in [0.3, 0.4) is 0 Å². The summed E-state index contributed by atoms with van der Waals surface area (Å²) >= 11 is 0. The van der Waals surface area contributed by atoms with E-state index in [-0.39, 0.29) is 5.75 Å². The largest absolute Gasteiger partial charge is 0.506 e. The van der Waals surface area contributed by atoms with Crippen LogP contribution in [0.25, 0.3) is 22.1 Å². The number of aromatic nitrogens is 4. The fourth-order valence-corrected chi connectivity index (χ4v) is 1.51. The zero-order chi connectivity index (χ0) is 9.54. The van der Waals surface area contributed by atoms with E-state index in [2.05, 4.69) is 19.9 Å². The van der Waals surface area contributed by atoms with E-state index in [0.29, 0.717) is 11.0 Å². The molecule has 0 saturated heterocycles. The Kier molecular flexibility index (Phi) is 1.25. The van der Waals surface area contributed by atoms with Crippen molar-refractivity contribution in [2.24, 2.45) is 0 Å². The Hall–Kier alpha value is -2.17.